The summed E-state index contributed by atoms with van der Waals surface area (Å²) in [6.07, 6.45) is 0.143. The fraction of sp³-hybridized carbons (Fsp3) is 0.867. The van der Waals surface area contributed by atoms with E-state index in [0.717, 1.165) is 12.3 Å². The van der Waals surface area contributed by atoms with Gasteiger partial charge in [-0.05, 0) is 27.2 Å². The number of amides is 1. The molecule has 2 rings (SSSR count). The molecule has 6 nitrogen and oxygen atoms in total. The topological polar surface area (TPSA) is 74.2 Å². The molecule has 0 aromatic rings. The van der Waals surface area contributed by atoms with Gasteiger partial charge in [0.2, 0.25) is 0 Å². The van der Waals surface area contributed by atoms with Crippen molar-refractivity contribution in [3.8, 4) is 0 Å². The highest BCUT2D eigenvalue weighted by atomic mass is 16.6. The number of nitrogens with zero attached hydrogens (tertiary/aromatic N) is 2. The molecule has 21 heavy (non-hydrogen) atoms. The molecule has 2 atom stereocenters. The number of rotatable bonds is 1. The third-order valence-electron chi connectivity index (χ3n) is 4.22. The molecule has 0 saturated heterocycles. The SMILES string of the molecule is CC(C)(C)OC(=O)N1CCN=C(NC2CC(O)C2(C)C)C1. The molecule has 2 aliphatic rings. The summed E-state index contributed by atoms with van der Waals surface area (Å²) >= 11 is 0. The monoisotopic (exact) mass is 297 g/mol. The van der Waals surface area contributed by atoms with E-state index in [1.807, 2.05) is 34.6 Å². The van der Waals surface area contributed by atoms with Crippen molar-refractivity contribution < 1.29 is 14.6 Å². The van der Waals surface area contributed by atoms with Crippen LogP contribution in [0.25, 0.3) is 0 Å². The molecule has 1 aliphatic heterocycles. The average molecular weight is 297 g/mol. The molecule has 0 radical (unpaired) electrons. The van der Waals surface area contributed by atoms with E-state index in [4.69, 9.17) is 4.74 Å². The Bertz CT molecular complexity index is 440. The van der Waals surface area contributed by atoms with Gasteiger partial charge in [0.05, 0.1) is 19.2 Å². The summed E-state index contributed by atoms with van der Waals surface area (Å²) in [5.41, 5.74) is -0.643. The van der Waals surface area contributed by atoms with Crippen LogP contribution in [0.5, 0.6) is 0 Å². The van der Waals surface area contributed by atoms with Gasteiger partial charge in [0.25, 0.3) is 0 Å². The number of hydrogen-bond acceptors (Lipinski definition) is 5. The van der Waals surface area contributed by atoms with Crippen LogP contribution in [0.15, 0.2) is 4.99 Å². The smallest absolute Gasteiger partial charge is 0.410 e. The molecule has 1 aliphatic carbocycles. The fourth-order valence-electron chi connectivity index (χ4n) is 2.54. The minimum Gasteiger partial charge on any atom is -0.444 e. The van der Waals surface area contributed by atoms with Gasteiger partial charge in [-0.25, -0.2) is 4.79 Å². The molecule has 6 heteroatoms. The van der Waals surface area contributed by atoms with Crippen molar-refractivity contribution in [1.82, 2.24) is 10.2 Å². The van der Waals surface area contributed by atoms with Crippen LogP contribution in [-0.2, 0) is 4.74 Å². The highest BCUT2D eigenvalue weighted by Crippen LogP contribution is 2.40. The second kappa shape index (κ2) is 5.48. The van der Waals surface area contributed by atoms with Gasteiger partial charge in [0.1, 0.15) is 11.4 Å². The van der Waals surface area contributed by atoms with Crippen LogP contribution in [0.4, 0.5) is 4.79 Å². The summed E-state index contributed by atoms with van der Waals surface area (Å²) in [5, 5.41) is 13.1. The molecule has 2 unspecified atom stereocenters. The molecule has 0 bridgehead atoms. The Morgan fingerprint density at radius 3 is 2.67 bits per heavy atom. The zero-order valence-corrected chi connectivity index (χ0v) is 13.6. The molecule has 1 amide bonds. The van der Waals surface area contributed by atoms with E-state index in [-0.39, 0.29) is 23.7 Å². The fourth-order valence-corrected chi connectivity index (χ4v) is 2.54. The molecule has 0 aromatic carbocycles. The van der Waals surface area contributed by atoms with E-state index in [1.165, 1.54) is 0 Å². The standard InChI is InChI=1S/C15H27N3O3/c1-14(2,3)21-13(20)18-7-6-16-12(9-18)17-10-8-11(19)15(10,4)5/h10-11,19H,6-9H2,1-5H3,(H,16,17). The van der Waals surface area contributed by atoms with Gasteiger partial charge in [-0.1, -0.05) is 13.8 Å². The highest BCUT2D eigenvalue weighted by Gasteiger charge is 2.47. The Kier molecular flexibility index (Phi) is 4.19. The Labute approximate surface area is 126 Å². The van der Waals surface area contributed by atoms with E-state index in [9.17, 15) is 9.90 Å². The van der Waals surface area contributed by atoms with E-state index in [1.54, 1.807) is 4.90 Å². The van der Waals surface area contributed by atoms with E-state index in [2.05, 4.69) is 10.3 Å². The van der Waals surface area contributed by atoms with Gasteiger partial charge >= 0.3 is 6.09 Å². The third-order valence-corrected chi connectivity index (χ3v) is 4.22. The van der Waals surface area contributed by atoms with Crippen molar-refractivity contribution in [3.63, 3.8) is 0 Å². The number of carbonyl (C=O) groups is 1. The molecular formula is C15H27N3O3. The van der Waals surface area contributed by atoms with Gasteiger partial charge in [-0.3, -0.25) is 9.89 Å². The number of ether oxygens (including phenoxy) is 1. The van der Waals surface area contributed by atoms with Gasteiger partial charge < -0.3 is 15.2 Å². The van der Waals surface area contributed by atoms with Crippen molar-refractivity contribution in [3.05, 3.63) is 0 Å². The number of aliphatic hydroxyl groups excluding tert-OH is 1. The van der Waals surface area contributed by atoms with Crippen LogP contribution in [-0.4, -0.2) is 59.3 Å². The maximum Gasteiger partial charge on any atom is 0.410 e. The number of aliphatic imine (C=N–C) groups is 1. The van der Waals surface area contributed by atoms with Gasteiger partial charge in [-0.2, -0.15) is 0 Å². The molecular weight excluding hydrogens is 270 g/mol. The molecule has 1 heterocycles. The summed E-state index contributed by atoms with van der Waals surface area (Å²) in [4.78, 5) is 18.2. The Morgan fingerprint density at radius 1 is 1.48 bits per heavy atom. The Balaban J connectivity index is 1.89. The molecule has 0 spiro atoms. The van der Waals surface area contributed by atoms with Crippen LogP contribution in [0, 0.1) is 5.41 Å². The first-order valence-electron chi connectivity index (χ1n) is 7.55. The number of amidine groups is 1. The second-order valence-corrected chi connectivity index (χ2v) is 7.50. The van der Waals surface area contributed by atoms with Gasteiger partial charge in [0.15, 0.2) is 0 Å². The first-order chi connectivity index (χ1) is 9.59. The number of aliphatic hydroxyl groups is 1. The van der Waals surface area contributed by atoms with Crippen LogP contribution < -0.4 is 5.32 Å². The minimum absolute atomic E-state index is 0.156. The zero-order chi connectivity index (χ0) is 15.8. The van der Waals surface area contributed by atoms with Crippen molar-refractivity contribution in [1.29, 1.82) is 0 Å². The lowest BCUT2D eigenvalue weighted by atomic mass is 9.64. The predicted molar refractivity (Wildman–Crippen MR) is 81.4 cm³/mol. The summed E-state index contributed by atoms with van der Waals surface area (Å²) in [6.45, 7) is 11.3. The number of hydrogen-bond donors (Lipinski definition) is 2. The maximum atomic E-state index is 12.1. The summed E-state index contributed by atoms with van der Waals surface area (Å²) in [6, 6.07) is 0.199. The van der Waals surface area contributed by atoms with Gasteiger partial charge in [-0.15, -0.1) is 0 Å². The summed E-state index contributed by atoms with van der Waals surface area (Å²) in [5.74, 6) is 0.803. The number of nitrogens with one attached hydrogen (secondary N) is 1. The molecule has 1 saturated carbocycles. The van der Waals surface area contributed by atoms with E-state index >= 15 is 0 Å². The minimum atomic E-state index is -0.487. The summed E-state index contributed by atoms with van der Waals surface area (Å²) < 4.78 is 5.39. The Morgan fingerprint density at radius 2 is 2.14 bits per heavy atom. The van der Waals surface area contributed by atoms with Crippen LogP contribution >= 0.6 is 0 Å². The first-order valence-corrected chi connectivity index (χ1v) is 7.55. The van der Waals surface area contributed by atoms with E-state index in [0.29, 0.717) is 19.6 Å². The van der Waals surface area contributed by atoms with Crippen LogP contribution in [0.2, 0.25) is 0 Å². The molecule has 120 valence electrons. The lowest BCUT2D eigenvalue weighted by Crippen LogP contribution is -2.62. The van der Waals surface area contributed by atoms with Gasteiger partial charge in [0, 0.05) is 18.0 Å². The van der Waals surface area contributed by atoms with Crippen molar-refractivity contribution in [2.75, 3.05) is 19.6 Å². The first kappa shape index (κ1) is 16.1. The lowest BCUT2D eigenvalue weighted by Gasteiger charge is -2.50. The average Bonchev–Trinajstić information content (AvgIpc) is 2.37. The predicted octanol–water partition coefficient (Wildman–Crippen LogP) is 1.38. The zero-order valence-electron chi connectivity index (χ0n) is 13.6. The normalized spacial score (nSPS) is 28.5. The summed E-state index contributed by atoms with van der Waals surface area (Å²) in [7, 11) is 0. The Hall–Kier alpha value is -1.30. The lowest BCUT2D eigenvalue weighted by molar-refractivity contribution is -0.0662. The number of carbonyl (C=O) groups excluding carboxylic acids is 1. The van der Waals surface area contributed by atoms with Crippen LogP contribution in [0.3, 0.4) is 0 Å². The largest absolute Gasteiger partial charge is 0.444 e. The van der Waals surface area contributed by atoms with Crippen molar-refractivity contribution in [2.24, 2.45) is 10.4 Å². The molecule has 0 aromatic heterocycles. The highest BCUT2D eigenvalue weighted by molar-refractivity contribution is 5.88. The second-order valence-electron chi connectivity index (χ2n) is 7.50. The molecule has 2 N–H and O–H groups in total. The quantitative estimate of drug-likeness (QED) is 0.767. The van der Waals surface area contributed by atoms with Crippen molar-refractivity contribution in [2.45, 2.75) is 58.8 Å². The third kappa shape index (κ3) is 3.67. The molecule has 1 fully saturated rings. The van der Waals surface area contributed by atoms with E-state index < -0.39 is 5.60 Å². The van der Waals surface area contributed by atoms with Crippen molar-refractivity contribution >= 4 is 11.9 Å². The maximum absolute atomic E-state index is 12.1. The van der Waals surface area contributed by atoms with Crippen LogP contribution in [0.1, 0.15) is 41.0 Å².